The summed E-state index contributed by atoms with van der Waals surface area (Å²) in [6, 6.07) is 8.40. The van der Waals surface area contributed by atoms with Gasteiger partial charge in [0.2, 0.25) is 0 Å². The molecule has 2 heterocycles. The maximum absolute atomic E-state index is 13.1. The predicted molar refractivity (Wildman–Crippen MR) is 113 cm³/mol. The fourth-order valence-corrected chi connectivity index (χ4v) is 5.96. The Balaban J connectivity index is 1.63. The van der Waals surface area contributed by atoms with Crippen LogP contribution in [0, 0.1) is 5.92 Å². The van der Waals surface area contributed by atoms with Crippen LogP contribution in [-0.4, -0.2) is 54.3 Å². The van der Waals surface area contributed by atoms with Crippen molar-refractivity contribution in [2.75, 3.05) is 32.8 Å². The van der Waals surface area contributed by atoms with Crippen molar-refractivity contribution in [3.05, 3.63) is 29.8 Å². The van der Waals surface area contributed by atoms with Gasteiger partial charge in [-0.1, -0.05) is 25.0 Å². The van der Waals surface area contributed by atoms with Crippen LogP contribution in [0.5, 0.6) is 5.75 Å². The molecule has 1 aromatic rings. The van der Waals surface area contributed by atoms with Gasteiger partial charge in [0.05, 0.1) is 24.3 Å². The lowest BCUT2D eigenvalue weighted by atomic mass is 9.66. The number of rotatable bonds is 5. The number of aliphatic hydroxyl groups is 1. The first-order chi connectivity index (χ1) is 14.1. The number of para-hydroxylation sites is 1. The first-order valence-electron chi connectivity index (χ1n) is 11.7. The van der Waals surface area contributed by atoms with Gasteiger partial charge in [-0.2, -0.15) is 0 Å². The summed E-state index contributed by atoms with van der Waals surface area (Å²) in [5, 5.41) is 11.5. The number of quaternary nitrogens is 1. The predicted octanol–water partition coefficient (Wildman–Crippen LogP) is 2.35. The lowest BCUT2D eigenvalue weighted by Crippen LogP contribution is -3.16. The molecule has 2 saturated heterocycles. The Hall–Kier alpha value is -1.59. The molecule has 0 spiro atoms. The van der Waals surface area contributed by atoms with Crippen LogP contribution in [0.1, 0.15) is 69.9 Å². The average molecular weight is 402 g/mol. The fourth-order valence-electron chi connectivity index (χ4n) is 5.96. The van der Waals surface area contributed by atoms with Gasteiger partial charge < -0.3 is 19.6 Å². The van der Waals surface area contributed by atoms with Crippen molar-refractivity contribution in [2.24, 2.45) is 5.92 Å². The van der Waals surface area contributed by atoms with Crippen LogP contribution in [0.25, 0.3) is 0 Å². The van der Waals surface area contributed by atoms with Crippen molar-refractivity contribution in [1.82, 2.24) is 4.90 Å². The zero-order valence-corrected chi connectivity index (χ0v) is 17.9. The largest absolute Gasteiger partial charge is 0.493 e. The van der Waals surface area contributed by atoms with Crippen molar-refractivity contribution in [3.63, 3.8) is 0 Å². The Morgan fingerprint density at radius 3 is 2.76 bits per heavy atom. The molecule has 5 nitrogen and oxygen atoms in total. The van der Waals surface area contributed by atoms with Crippen molar-refractivity contribution in [2.45, 2.75) is 69.9 Å². The van der Waals surface area contributed by atoms with Gasteiger partial charge in [0.15, 0.2) is 6.54 Å². The first kappa shape index (κ1) is 20.7. The zero-order valence-electron chi connectivity index (χ0n) is 17.9. The second kappa shape index (κ2) is 9.05. The number of likely N-dealkylation sites (tertiary alicyclic amines) is 2. The Bertz CT molecular complexity index is 703. The Morgan fingerprint density at radius 2 is 1.97 bits per heavy atom. The molecule has 3 fully saturated rings. The number of ether oxygens (including phenoxy) is 1. The van der Waals surface area contributed by atoms with E-state index in [0.717, 1.165) is 70.3 Å². The highest BCUT2D eigenvalue weighted by Crippen LogP contribution is 2.45. The number of carbonyl (C=O) groups excluding carboxylic acids is 1. The molecule has 0 bridgehead atoms. The van der Waals surface area contributed by atoms with E-state index >= 15 is 0 Å². The second-order valence-electron chi connectivity index (χ2n) is 9.18. The highest BCUT2D eigenvalue weighted by molar-refractivity contribution is 5.77. The second-order valence-corrected chi connectivity index (χ2v) is 9.18. The third kappa shape index (κ3) is 4.31. The topological polar surface area (TPSA) is 54.2 Å². The van der Waals surface area contributed by atoms with E-state index in [9.17, 15) is 9.90 Å². The fraction of sp³-hybridized carbons (Fsp3) is 0.708. The number of hydrogen-bond donors (Lipinski definition) is 2. The van der Waals surface area contributed by atoms with E-state index in [1.165, 1.54) is 16.9 Å². The summed E-state index contributed by atoms with van der Waals surface area (Å²) in [5.41, 5.74) is 0.570. The maximum Gasteiger partial charge on any atom is 0.277 e. The summed E-state index contributed by atoms with van der Waals surface area (Å²) in [7, 11) is 0. The van der Waals surface area contributed by atoms with Gasteiger partial charge in [-0.15, -0.1) is 0 Å². The van der Waals surface area contributed by atoms with Crippen LogP contribution in [-0.2, 0) is 4.79 Å². The molecule has 160 valence electrons. The summed E-state index contributed by atoms with van der Waals surface area (Å²) in [4.78, 5) is 16.5. The summed E-state index contributed by atoms with van der Waals surface area (Å²) in [6.07, 6.45) is 8.47. The highest BCUT2D eigenvalue weighted by atomic mass is 16.5. The maximum atomic E-state index is 13.1. The lowest BCUT2D eigenvalue weighted by Gasteiger charge is -2.50. The number of amides is 1. The number of piperidine rings is 2. The number of nitrogens with one attached hydrogen (secondary N) is 1. The minimum atomic E-state index is -0.597. The van der Waals surface area contributed by atoms with E-state index in [1.54, 1.807) is 0 Å². The Morgan fingerprint density at radius 1 is 1.17 bits per heavy atom. The smallest absolute Gasteiger partial charge is 0.277 e. The molecule has 4 rings (SSSR count). The van der Waals surface area contributed by atoms with Gasteiger partial charge in [-0.05, 0) is 51.2 Å². The summed E-state index contributed by atoms with van der Waals surface area (Å²) in [6.45, 7) is 5.81. The molecular weight excluding hydrogens is 364 g/mol. The van der Waals surface area contributed by atoms with Crippen LogP contribution in [0.2, 0.25) is 0 Å². The summed E-state index contributed by atoms with van der Waals surface area (Å²) < 4.78 is 5.98. The average Bonchev–Trinajstić information content (AvgIpc) is 2.75. The van der Waals surface area contributed by atoms with E-state index in [2.05, 4.69) is 17.0 Å². The summed E-state index contributed by atoms with van der Waals surface area (Å²) >= 11 is 0. The van der Waals surface area contributed by atoms with Crippen molar-refractivity contribution in [3.8, 4) is 5.75 Å². The van der Waals surface area contributed by atoms with Crippen LogP contribution in [0.3, 0.4) is 0 Å². The van der Waals surface area contributed by atoms with Crippen LogP contribution >= 0.6 is 0 Å². The molecule has 0 radical (unpaired) electrons. The number of fused-ring (bicyclic) bond motifs is 1. The standard InChI is InChI=1S/C24H36N2O3/c1-2-29-21-12-5-4-10-19(21)23-20-11-6-7-13-24(20,28)14-17-26(23)18-22(27)25-15-8-3-9-16-25/h4-5,10,12,20,23,28H,2-3,6-9,11,13-18H2,1H3/p+1/t20-,23+,24+/m0/s1. The van der Waals surface area contributed by atoms with Crippen LogP contribution < -0.4 is 9.64 Å². The van der Waals surface area contributed by atoms with Gasteiger partial charge in [-0.3, -0.25) is 4.79 Å². The molecule has 1 aromatic carbocycles. The van der Waals surface area contributed by atoms with Crippen molar-refractivity contribution >= 4 is 5.91 Å². The molecule has 1 unspecified atom stereocenters. The van der Waals surface area contributed by atoms with E-state index in [0.29, 0.717) is 13.2 Å². The number of nitrogens with zero attached hydrogens (tertiary/aromatic N) is 1. The molecule has 4 atom stereocenters. The third-order valence-electron chi connectivity index (χ3n) is 7.43. The van der Waals surface area contributed by atoms with Crippen LogP contribution in [0.4, 0.5) is 0 Å². The molecule has 3 aliphatic rings. The van der Waals surface area contributed by atoms with Gasteiger partial charge in [0.1, 0.15) is 11.8 Å². The van der Waals surface area contributed by atoms with Gasteiger partial charge in [0.25, 0.3) is 5.91 Å². The molecule has 29 heavy (non-hydrogen) atoms. The lowest BCUT2D eigenvalue weighted by molar-refractivity contribution is -0.938. The monoisotopic (exact) mass is 401 g/mol. The number of carbonyl (C=O) groups is 1. The molecule has 1 aliphatic carbocycles. The minimum absolute atomic E-state index is 0.116. The number of benzene rings is 1. The SMILES string of the molecule is CCOc1ccccc1[C@@H]1[C@@H]2CCCC[C@@]2(O)CC[NH+]1CC(=O)N1CCCCC1. The summed E-state index contributed by atoms with van der Waals surface area (Å²) in [5.74, 6) is 1.38. The molecule has 1 saturated carbocycles. The van der Waals surface area contributed by atoms with Crippen LogP contribution in [0.15, 0.2) is 24.3 Å². The first-order valence-corrected chi connectivity index (χ1v) is 11.7. The number of hydrogen-bond acceptors (Lipinski definition) is 3. The Kier molecular flexibility index (Phi) is 6.45. The quantitative estimate of drug-likeness (QED) is 0.796. The normalized spacial score (nSPS) is 32.5. The minimum Gasteiger partial charge on any atom is -0.493 e. The molecule has 1 amide bonds. The Labute approximate surface area is 175 Å². The molecule has 5 heteroatoms. The third-order valence-corrected chi connectivity index (χ3v) is 7.43. The van der Waals surface area contributed by atoms with Gasteiger partial charge in [-0.25, -0.2) is 0 Å². The van der Waals surface area contributed by atoms with Crippen molar-refractivity contribution in [1.29, 1.82) is 0 Å². The molecule has 0 aromatic heterocycles. The molecule has 2 aliphatic heterocycles. The molecular formula is C24H37N2O3+. The molecule has 2 N–H and O–H groups in total. The van der Waals surface area contributed by atoms with Crippen molar-refractivity contribution < 1.29 is 19.5 Å². The van der Waals surface area contributed by atoms with Gasteiger partial charge >= 0.3 is 0 Å². The van der Waals surface area contributed by atoms with Gasteiger partial charge in [0, 0.05) is 25.4 Å². The van der Waals surface area contributed by atoms with E-state index in [-0.39, 0.29) is 17.9 Å². The van der Waals surface area contributed by atoms with E-state index in [1.807, 2.05) is 19.1 Å². The van der Waals surface area contributed by atoms with E-state index < -0.39 is 5.60 Å². The zero-order chi connectivity index (χ0) is 20.3. The van der Waals surface area contributed by atoms with E-state index in [4.69, 9.17) is 4.74 Å². The highest BCUT2D eigenvalue weighted by Gasteiger charge is 2.52.